The van der Waals surface area contributed by atoms with Gasteiger partial charge in [-0.1, -0.05) is 77.3 Å². The number of fused-ring (bicyclic) bond motifs is 1. The van der Waals surface area contributed by atoms with Gasteiger partial charge in [0.15, 0.2) is 0 Å². The molecule has 0 aliphatic carbocycles. The van der Waals surface area contributed by atoms with Gasteiger partial charge in [-0.3, -0.25) is 9.59 Å². The van der Waals surface area contributed by atoms with Crippen LogP contribution in [0.2, 0.25) is 15.1 Å². The first-order valence-corrected chi connectivity index (χ1v) is 20.5. The summed E-state index contributed by atoms with van der Waals surface area (Å²) < 4.78 is 7.87. The second-order valence-electron chi connectivity index (χ2n) is 14.6. The van der Waals surface area contributed by atoms with E-state index >= 15 is 0 Å². The van der Waals surface area contributed by atoms with Gasteiger partial charge in [0.2, 0.25) is 5.91 Å². The molecule has 13 heteroatoms. The number of halogens is 3. The van der Waals surface area contributed by atoms with Crippen LogP contribution in [0, 0.1) is 0 Å². The molecule has 0 radical (unpaired) electrons. The van der Waals surface area contributed by atoms with Crippen LogP contribution in [0.1, 0.15) is 61.1 Å². The maximum absolute atomic E-state index is 14.9. The quantitative estimate of drug-likeness (QED) is 0.120. The van der Waals surface area contributed by atoms with E-state index < -0.39 is 0 Å². The lowest BCUT2D eigenvalue weighted by molar-refractivity contribution is -0.136. The van der Waals surface area contributed by atoms with Gasteiger partial charge in [-0.15, -0.1) is 0 Å². The first-order chi connectivity index (χ1) is 27.7. The Bertz CT molecular complexity index is 2420. The maximum atomic E-state index is 14.9. The van der Waals surface area contributed by atoms with Gasteiger partial charge < -0.3 is 34.5 Å². The van der Waals surface area contributed by atoms with Crippen LogP contribution < -0.4 is 15.0 Å². The molecule has 1 atom stereocenters. The number of likely N-dealkylation sites (tertiary alicyclic amines) is 1. The number of aromatic amines is 1. The van der Waals surface area contributed by atoms with E-state index in [-0.39, 0.29) is 37.1 Å². The normalized spacial score (nSPS) is 15.6. The highest BCUT2D eigenvalue weighted by molar-refractivity contribution is 6.35. The van der Waals surface area contributed by atoms with Crippen molar-refractivity contribution in [3.8, 4) is 28.3 Å². The highest BCUT2D eigenvalue weighted by atomic mass is 35.5. The fourth-order valence-electron chi connectivity index (χ4n) is 8.25. The molecule has 2 saturated heterocycles. The molecular formula is C44H43Cl3N6O4. The number of hydrogen-bond acceptors (Lipinski definition) is 6. The number of imidazole rings is 1. The smallest absolute Gasteiger partial charge is 0.272 e. The molecular weight excluding hydrogens is 783 g/mol. The Morgan fingerprint density at radius 1 is 0.965 bits per heavy atom. The third kappa shape index (κ3) is 7.96. The van der Waals surface area contributed by atoms with E-state index in [2.05, 4.69) is 20.1 Å². The average molecular weight is 826 g/mol. The van der Waals surface area contributed by atoms with Crippen molar-refractivity contribution in [2.24, 2.45) is 0 Å². The van der Waals surface area contributed by atoms with E-state index in [1.807, 2.05) is 84.3 Å². The summed E-state index contributed by atoms with van der Waals surface area (Å²) >= 11 is 19.6. The van der Waals surface area contributed by atoms with Crippen molar-refractivity contribution in [1.82, 2.24) is 19.4 Å². The average Bonchev–Trinajstić information content (AvgIpc) is 3.82. The van der Waals surface area contributed by atoms with Crippen molar-refractivity contribution in [3.63, 3.8) is 0 Å². The fraction of sp³-hybridized carbons (Fsp3) is 0.295. The number of nitrogens with one attached hydrogen (secondary N) is 2. The Labute approximate surface area is 346 Å². The van der Waals surface area contributed by atoms with Gasteiger partial charge in [-0.2, -0.15) is 0 Å². The topological polar surface area (TPSA) is 116 Å². The minimum Gasteiger partial charge on any atom is -0.491 e. The number of rotatable bonds is 11. The third-order valence-electron chi connectivity index (χ3n) is 11.1. The Morgan fingerprint density at radius 3 is 2.49 bits per heavy atom. The molecule has 8 rings (SSSR count). The second kappa shape index (κ2) is 16.8. The SMILES string of the molecule is C[C@@H](c1ccc(Cl)cc1Cl)n1cnc(-c2ccccc2)c1-c1c(C(=O)Nc2cc(OCCO)ccc2N2CCC(N3CCCCC3=O)CC2)[nH]c2cc(Cl)ccc12. The van der Waals surface area contributed by atoms with Gasteiger partial charge in [-0.25, -0.2) is 4.98 Å². The number of piperidine rings is 2. The largest absolute Gasteiger partial charge is 0.491 e. The molecule has 6 aromatic rings. The molecule has 2 aromatic heterocycles. The molecule has 0 saturated carbocycles. The molecule has 0 spiro atoms. The zero-order valence-corrected chi connectivity index (χ0v) is 33.7. The van der Waals surface area contributed by atoms with Gasteiger partial charge in [0, 0.05) is 75.3 Å². The summed E-state index contributed by atoms with van der Waals surface area (Å²) in [6.07, 6.45) is 6.06. The number of hydrogen-bond donors (Lipinski definition) is 3. The van der Waals surface area contributed by atoms with Gasteiger partial charge >= 0.3 is 0 Å². The first kappa shape index (κ1) is 38.9. The van der Waals surface area contributed by atoms with Crippen LogP contribution >= 0.6 is 34.8 Å². The van der Waals surface area contributed by atoms with Crippen LogP contribution in [-0.2, 0) is 4.79 Å². The van der Waals surface area contributed by atoms with Crippen LogP contribution in [0.15, 0.2) is 91.3 Å². The Balaban J connectivity index is 1.21. The van der Waals surface area contributed by atoms with E-state index in [4.69, 9.17) is 44.5 Å². The lowest BCUT2D eigenvalue weighted by Gasteiger charge is -2.41. The number of anilines is 2. The molecule has 4 aromatic carbocycles. The van der Waals surface area contributed by atoms with E-state index in [9.17, 15) is 14.7 Å². The number of aliphatic hydroxyl groups is 1. The van der Waals surface area contributed by atoms with Gasteiger partial charge in [-0.05, 0) is 74.6 Å². The standard InChI is InChI=1S/C44H43Cl3N6O4/c1-27(33-13-10-29(45)23-35(33)47)53-26-48-41(28-7-3-2-4-8-28)43(53)40-34-14-11-30(46)24-36(34)49-42(40)44(56)50-37-25-32(57-22-21-54)12-15-38(37)51-19-16-31(17-20-51)52-18-6-5-9-39(52)55/h2-4,7-8,10-15,23-27,31,49,54H,5-6,9,16-22H2,1H3,(H,50,56)/t27-/m0/s1. The molecule has 57 heavy (non-hydrogen) atoms. The highest BCUT2D eigenvalue weighted by Crippen LogP contribution is 2.43. The number of ether oxygens (including phenoxy) is 1. The van der Waals surface area contributed by atoms with Crippen molar-refractivity contribution >= 4 is 68.9 Å². The Kier molecular flexibility index (Phi) is 11.5. The number of nitrogens with zero attached hydrogens (tertiary/aromatic N) is 4. The molecule has 2 amide bonds. The van der Waals surface area contributed by atoms with Crippen molar-refractivity contribution in [3.05, 3.63) is 118 Å². The van der Waals surface area contributed by atoms with Crippen LogP contribution in [-0.4, -0.2) is 75.2 Å². The van der Waals surface area contributed by atoms with Crippen LogP contribution in [0.25, 0.3) is 33.4 Å². The van der Waals surface area contributed by atoms with Crippen molar-refractivity contribution < 1.29 is 19.4 Å². The number of benzene rings is 4. The summed E-state index contributed by atoms with van der Waals surface area (Å²) in [4.78, 5) is 40.4. The van der Waals surface area contributed by atoms with E-state index in [1.54, 1.807) is 18.5 Å². The number of aromatic nitrogens is 3. The molecule has 294 valence electrons. The molecule has 10 nitrogen and oxygen atoms in total. The predicted molar refractivity (Wildman–Crippen MR) is 228 cm³/mol. The summed E-state index contributed by atoms with van der Waals surface area (Å²) in [6, 6.07) is 26.3. The molecule has 2 aliphatic rings. The van der Waals surface area contributed by atoms with Gasteiger partial charge in [0.25, 0.3) is 5.91 Å². The van der Waals surface area contributed by atoms with Crippen LogP contribution in [0.4, 0.5) is 11.4 Å². The van der Waals surface area contributed by atoms with Gasteiger partial charge in [0.05, 0.1) is 41.7 Å². The molecule has 2 aliphatic heterocycles. The predicted octanol–water partition coefficient (Wildman–Crippen LogP) is 9.87. The zero-order chi connectivity index (χ0) is 39.6. The summed E-state index contributed by atoms with van der Waals surface area (Å²) in [7, 11) is 0. The monoisotopic (exact) mass is 824 g/mol. The van der Waals surface area contributed by atoms with Gasteiger partial charge in [0.1, 0.15) is 18.1 Å². The summed E-state index contributed by atoms with van der Waals surface area (Å²) in [6.45, 7) is 4.25. The minimum absolute atomic E-state index is 0.108. The Hall–Kier alpha value is -5.00. The molecule has 0 unspecified atom stereocenters. The van der Waals surface area contributed by atoms with E-state index in [0.717, 1.165) is 67.5 Å². The fourth-order valence-corrected chi connectivity index (χ4v) is 8.98. The number of H-pyrrole nitrogens is 1. The number of carbonyl (C=O) groups is 2. The zero-order valence-electron chi connectivity index (χ0n) is 31.5. The number of amides is 2. The second-order valence-corrected chi connectivity index (χ2v) is 15.9. The number of aliphatic hydroxyl groups excluding tert-OH is 1. The highest BCUT2D eigenvalue weighted by Gasteiger charge is 2.32. The molecule has 2 fully saturated rings. The Morgan fingerprint density at radius 2 is 1.74 bits per heavy atom. The summed E-state index contributed by atoms with van der Waals surface area (Å²) in [5.41, 5.74) is 6.16. The lowest BCUT2D eigenvalue weighted by Crippen LogP contribution is -2.49. The van der Waals surface area contributed by atoms with Crippen LogP contribution in [0.3, 0.4) is 0 Å². The molecule has 0 bridgehead atoms. The number of carbonyl (C=O) groups excluding carboxylic acids is 2. The minimum atomic E-state index is -0.379. The molecule has 3 N–H and O–H groups in total. The van der Waals surface area contributed by atoms with Crippen molar-refractivity contribution in [2.45, 2.75) is 51.1 Å². The van der Waals surface area contributed by atoms with E-state index in [1.165, 1.54) is 0 Å². The van der Waals surface area contributed by atoms with Crippen molar-refractivity contribution in [1.29, 1.82) is 0 Å². The van der Waals surface area contributed by atoms with Crippen molar-refractivity contribution in [2.75, 3.05) is 43.1 Å². The summed E-state index contributed by atoms with van der Waals surface area (Å²) in [5, 5.41) is 15.1. The summed E-state index contributed by atoms with van der Waals surface area (Å²) in [5.74, 6) is 0.380. The third-order valence-corrected chi connectivity index (χ3v) is 11.9. The lowest BCUT2D eigenvalue weighted by atomic mass is 9.98. The molecule has 4 heterocycles. The first-order valence-electron chi connectivity index (χ1n) is 19.3. The van der Waals surface area contributed by atoms with E-state index in [0.29, 0.717) is 61.1 Å². The van der Waals surface area contributed by atoms with Crippen LogP contribution in [0.5, 0.6) is 5.75 Å². The maximum Gasteiger partial charge on any atom is 0.272 e.